The Morgan fingerprint density at radius 2 is 1.87 bits per heavy atom. The molecule has 1 saturated carbocycles. The van der Waals surface area contributed by atoms with Gasteiger partial charge < -0.3 is 10.1 Å². The highest BCUT2D eigenvalue weighted by atomic mass is 32.1. The number of rotatable bonds is 7. The summed E-state index contributed by atoms with van der Waals surface area (Å²) in [5.41, 5.74) is 1.38. The predicted molar refractivity (Wildman–Crippen MR) is 116 cm³/mol. The summed E-state index contributed by atoms with van der Waals surface area (Å²) in [4.78, 5) is 41.2. The smallest absolute Gasteiger partial charge is 0.311 e. The molecular weight excluding hydrogens is 402 g/mol. The number of ether oxygens (including phenoxy) is 1. The number of aromatic nitrogens is 1. The van der Waals surface area contributed by atoms with Crippen LogP contribution in [0.2, 0.25) is 0 Å². The Morgan fingerprint density at radius 3 is 2.57 bits per heavy atom. The van der Waals surface area contributed by atoms with E-state index < -0.39 is 0 Å². The number of carbonyl (C=O) groups excluding carboxylic acids is 3. The maximum atomic E-state index is 13.0. The Labute approximate surface area is 177 Å². The van der Waals surface area contributed by atoms with Gasteiger partial charge in [-0.05, 0) is 42.7 Å². The summed E-state index contributed by atoms with van der Waals surface area (Å²) >= 11 is 1.23. The number of thiazole rings is 1. The van der Waals surface area contributed by atoms with Gasteiger partial charge in [-0.15, -0.1) is 11.3 Å². The zero-order valence-electron chi connectivity index (χ0n) is 16.4. The zero-order chi connectivity index (χ0) is 21.1. The van der Waals surface area contributed by atoms with Gasteiger partial charge >= 0.3 is 5.97 Å². The summed E-state index contributed by atoms with van der Waals surface area (Å²) in [5, 5.41) is 9.60. The van der Waals surface area contributed by atoms with Crippen molar-refractivity contribution in [2.24, 2.45) is 5.92 Å². The molecule has 0 bridgehead atoms. The van der Waals surface area contributed by atoms with Gasteiger partial charge in [0.15, 0.2) is 5.13 Å². The van der Waals surface area contributed by atoms with E-state index in [1.54, 1.807) is 18.4 Å². The third kappa shape index (κ3) is 4.65. The first-order valence-corrected chi connectivity index (χ1v) is 10.7. The zero-order valence-corrected chi connectivity index (χ0v) is 17.3. The summed E-state index contributed by atoms with van der Waals surface area (Å²) in [6, 6.07) is 11.2. The molecule has 1 fully saturated rings. The molecule has 7 nitrogen and oxygen atoms in total. The van der Waals surface area contributed by atoms with Crippen LogP contribution in [0.3, 0.4) is 0 Å². The second-order valence-corrected chi connectivity index (χ2v) is 7.95. The molecule has 3 aromatic rings. The van der Waals surface area contributed by atoms with Crippen molar-refractivity contribution in [1.82, 2.24) is 4.98 Å². The number of nitrogens with zero attached hydrogens (tertiary/aromatic N) is 1. The third-order valence-electron chi connectivity index (χ3n) is 4.74. The first-order chi connectivity index (χ1) is 14.5. The minimum Gasteiger partial charge on any atom is -0.466 e. The van der Waals surface area contributed by atoms with Crippen molar-refractivity contribution in [3.05, 3.63) is 53.0 Å². The van der Waals surface area contributed by atoms with E-state index in [1.807, 2.05) is 30.3 Å². The van der Waals surface area contributed by atoms with Gasteiger partial charge in [-0.3, -0.25) is 19.7 Å². The van der Waals surface area contributed by atoms with Crippen molar-refractivity contribution in [3.63, 3.8) is 0 Å². The highest BCUT2D eigenvalue weighted by Gasteiger charge is 2.30. The molecule has 1 aromatic heterocycles. The second kappa shape index (κ2) is 8.62. The van der Waals surface area contributed by atoms with Gasteiger partial charge in [-0.2, -0.15) is 0 Å². The monoisotopic (exact) mass is 423 g/mol. The summed E-state index contributed by atoms with van der Waals surface area (Å²) in [5.74, 6) is -0.772. The number of nitrogens with one attached hydrogen (secondary N) is 2. The summed E-state index contributed by atoms with van der Waals surface area (Å²) in [6.07, 6.45) is 1.81. The van der Waals surface area contributed by atoms with Crippen LogP contribution < -0.4 is 10.6 Å². The van der Waals surface area contributed by atoms with Crippen LogP contribution in [0.1, 0.15) is 35.8 Å². The molecule has 0 saturated heterocycles. The van der Waals surface area contributed by atoms with Gasteiger partial charge in [-0.1, -0.05) is 24.3 Å². The van der Waals surface area contributed by atoms with Crippen LogP contribution in [-0.2, 0) is 20.7 Å². The molecule has 4 rings (SSSR count). The first-order valence-electron chi connectivity index (χ1n) is 9.78. The molecule has 2 N–H and O–H groups in total. The molecule has 154 valence electrons. The van der Waals surface area contributed by atoms with E-state index in [2.05, 4.69) is 15.6 Å². The highest BCUT2D eigenvalue weighted by Crippen LogP contribution is 2.32. The normalized spacial score (nSPS) is 13.1. The molecule has 0 aliphatic heterocycles. The van der Waals surface area contributed by atoms with Crippen molar-refractivity contribution >= 4 is 50.7 Å². The fourth-order valence-electron chi connectivity index (χ4n) is 3.08. The molecule has 2 amide bonds. The summed E-state index contributed by atoms with van der Waals surface area (Å²) < 4.78 is 4.92. The molecule has 1 aliphatic carbocycles. The molecule has 1 heterocycles. The molecular formula is C22H21N3O4S. The molecule has 0 radical (unpaired) electrons. The fourth-order valence-corrected chi connectivity index (χ4v) is 3.79. The van der Waals surface area contributed by atoms with Crippen LogP contribution >= 0.6 is 11.3 Å². The van der Waals surface area contributed by atoms with Crippen LogP contribution in [0, 0.1) is 5.92 Å². The van der Waals surface area contributed by atoms with Gasteiger partial charge in [0, 0.05) is 11.3 Å². The number of anilines is 2. The Hall–Kier alpha value is -3.26. The van der Waals surface area contributed by atoms with E-state index in [-0.39, 0.29) is 30.1 Å². The van der Waals surface area contributed by atoms with E-state index in [1.165, 1.54) is 11.3 Å². The van der Waals surface area contributed by atoms with Crippen LogP contribution in [0.15, 0.2) is 41.8 Å². The first kappa shape index (κ1) is 20.0. The van der Waals surface area contributed by atoms with E-state index in [4.69, 9.17) is 4.74 Å². The number of carbonyl (C=O) groups is 3. The quantitative estimate of drug-likeness (QED) is 0.560. The number of benzene rings is 2. The Morgan fingerprint density at radius 1 is 1.13 bits per heavy atom. The van der Waals surface area contributed by atoms with Gasteiger partial charge in [0.25, 0.3) is 5.91 Å². The van der Waals surface area contributed by atoms with Gasteiger partial charge in [0.05, 0.1) is 30.0 Å². The van der Waals surface area contributed by atoms with E-state index in [0.29, 0.717) is 28.7 Å². The van der Waals surface area contributed by atoms with Gasteiger partial charge in [-0.25, -0.2) is 4.98 Å². The maximum Gasteiger partial charge on any atom is 0.311 e. The Balaban J connectivity index is 1.56. The SMILES string of the molecule is CCOC(=O)Cc1csc(NC(=O)c2cc3ccccc3cc2NC(=O)C2CC2)n1. The van der Waals surface area contributed by atoms with Crippen molar-refractivity contribution in [2.45, 2.75) is 26.2 Å². The lowest BCUT2D eigenvalue weighted by Crippen LogP contribution is -2.19. The molecule has 0 unspecified atom stereocenters. The van der Waals surface area contributed by atoms with E-state index >= 15 is 0 Å². The molecule has 0 spiro atoms. The maximum absolute atomic E-state index is 13.0. The number of esters is 1. The molecule has 0 atom stereocenters. The second-order valence-electron chi connectivity index (χ2n) is 7.09. The average molecular weight is 423 g/mol. The lowest BCUT2D eigenvalue weighted by molar-refractivity contribution is -0.142. The Kier molecular flexibility index (Phi) is 5.76. The van der Waals surface area contributed by atoms with Crippen LogP contribution in [0.4, 0.5) is 10.8 Å². The summed E-state index contributed by atoms with van der Waals surface area (Å²) in [7, 11) is 0. The molecule has 2 aromatic carbocycles. The number of fused-ring (bicyclic) bond motifs is 1. The number of hydrogen-bond acceptors (Lipinski definition) is 6. The average Bonchev–Trinajstić information content (AvgIpc) is 3.49. The van der Waals surface area contributed by atoms with Gasteiger partial charge in [0.2, 0.25) is 5.91 Å². The summed E-state index contributed by atoms with van der Waals surface area (Å²) in [6.45, 7) is 2.05. The topological polar surface area (TPSA) is 97.4 Å². The van der Waals surface area contributed by atoms with Crippen LogP contribution in [0.5, 0.6) is 0 Å². The van der Waals surface area contributed by atoms with Crippen LogP contribution in [0.25, 0.3) is 10.8 Å². The van der Waals surface area contributed by atoms with Crippen molar-refractivity contribution in [3.8, 4) is 0 Å². The van der Waals surface area contributed by atoms with E-state index in [0.717, 1.165) is 23.6 Å². The minimum absolute atomic E-state index is 0.0248. The number of amides is 2. The largest absolute Gasteiger partial charge is 0.466 e. The van der Waals surface area contributed by atoms with Crippen LogP contribution in [-0.4, -0.2) is 29.4 Å². The predicted octanol–water partition coefficient (Wildman–Crippen LogP) is 4.00. The lowest BCUT2D eigenvalue weighted by atomic mass is 10.0. The lowest BCUT2D eigenvalue weighted by Gasteiger charge is -2.12. The van der Waals surface area contributed by atoms with Crippen molar-refractivity contribution < 1.29 is 19.1 Å². The molecule has 8 heteroatoms. The van der Waals surface area contributed by atoms with Gasteiger partial charge in [0.1, 0.15) is 0 Å². The Bertz CT molecular complexity index is 1120. The molecule has 30 heavy (non-hydrogen) atoms. The number of hydrogen-bond donors (Lipinski definition) is 2. The van der Waals surface area contributed by atoms with Crippen molar-refractivity contribution in [1.29, 1.82) is 0 Å². The standard InChI is InChI=1S/C22H21N3O4S/c1-2-29-19(26)11-16-12-30-22(23-16)25-21(28)17-9-14-5-3-4-6-15(14)10-18(17)24-20(27)13-7-8-13/h3-6,9-10,12-13H,2,7-8,11H2,1H3,(H,24,27)(H,23,25,28). The third-order valence-corrected chi connectivity index (χ3v) is 5.55. The minimum atomic E-state index is -0.371. The van der Waals surface area contributed by atoms with Crippen molar-refractivity contribution in [2.75, 3.05) is 17.2 Å². The van der Waals surface area contributed by atoms with E-state index in [9.17, 15) is 14.4 Å². The fraction of sp³-hybridized carbons (Fsp3) is 0.273. The highest BCUT2D eigenvalue weighted by molar-refractivity contribution is 7.14. The molecule has 1 aliphatic rings.